The van der Waals surface area contributed by atoms with Crippen molar-refractivity contribution < 1.29 is 0 Å². The van der Waals surface area contributed by atoms with Gasteiger partial charge >= 0.3 is 0 Å². The summed E-state index contributed by atoms with van der Waals surface area (Å²) in [5.74, 6) is 1.72. The Morgan fingerprint density at radius 1 is 1.28 bits per heavy atom. The number of anilines is 1. The predicted octanol–water partition coefficient (Wildman–Crippen LogP) is 3.57. The molecule has 2 N–H and O–H groups in total. The summed E-state index contributed by atoms with van der Waals surface area (Å²) in [6, 6.07) is 7.91. The summed E-state index contributed by atoms with van der Waals surface area (Å²) in [7, 11) is 0. The number of nitrogens with zero attached hydrogens (tertiary/aromatic N) is 2. The first kappa shape index (κ1) is 12.7. The summed E-state index contributed by atoms with van der Waals surface area (Å²) in [6.07, 6.45) is 6.31. The predicted molar refractivity (Wildman–Crippen MR) is 76.1 cm³/mol. The lowest BCUT2D eigenvalue weighted by atomic mass is 10.0. The lowest BCUT2D eigenvalue weighted by molar-refractivity contribution is 0.420. The lowest BCUT2D eigenvalue weighted by Gasteiger charge is -2.15. The van der Waals surface area contributed by atoms with E-state index in [4.69, 9.17) is 5.73 Å². The molecule has 0 aliphatic carbocycles. The Bertz CT molecular complexity index is 498. The molecule has 2 aromatic rings. The van der Waals surface area contributed by atoms with Crippen molar-refractivity contribution in [3.8, 4) is 11.4 Å². The fourth-order valence-electron chi connectivity index (χ4n) is 2.22. The van der Waals surface area contributed by atoms with Gasteiger partial charge in [0.2, 0.25) is 0 Å². The van der Waals surface area contributed by atoms with Gasteiger partial charge in [0, 0.05) is 30.2 Å². The molecule has 1 aromatic carbocycles. The van der Waals surface area contributed by atoms with Gasteiger partial charge in [-0.1, -0.05) is 38.8 Å². The average Bonchev–Trinajstić information content (AvgIpc) is 2.84. The molecule has 1 aromatic heterocycles. The standard InChI is InChI=1S/C15H21N3/c1-3-12(4-2)11-18-9-8-17-15(18)13-6-5-7-14(16)10-13/h5-10,12H,3-4,11,16H2,1-2H3. The van der Waals surface area contributed by atoms with Gasteiger partial charge in [-0.25, -0.2) is 4.98 Å². The molecule has 0 saturated heterocycles. The molecule has 0 saturated carbocycles. The van der Waals surface area contributed by atoms with E-state index in [1.165, 1.54) is 12.8 Å². The first-order valence-electron chi connectivity index (χ1n) is 6.61. The fourth-order valence-corrected chi connectivity index (χ4v) is 2.22. The highest BCUT2D eigenvalue weighted by atomic mass is 15.1. The minimum Gasteiger partial charge on any atom is -0.399 e. The molecule has 1 heterocycles. The number of nitrogens with two attached hydrogens (primary N) is 1. The second-order valence-corrected chi connectivity index (χ2v) is 4.71. The van der Waals surface area contributed by atoms with Crippen molar-refractivity contribution in [1.82, 2.24) is 9.55 Å². The van der Waals surface area contributed by atoms with Gasteiger partial charge in [-0.05, 0) is 18.1 Å². The van der Waals surface area contributed by atoms with Crippen LogP contribution in [0.5, 0.6) is 0 Å². The maximum atomic E-state index is 5.83. The van der Waals surface area contributed by atoms with Gasteiger partial charge in [-0.2, -0.15) is 0 Å². The molecule has 0 atom stereocenters. The van der Waals surface area contributed by atoms with E-state index >= 15 is 0 Å². The molecule has 0 aliphatic rings. The van der Waals surface area contributed by atoms with E-state index in [1.54, 1.807) is 0 Å². The van der Waals surface area contributed by atoms with E-state index in [0.29, 0.717) is 5.92 Å². The molecule has 0 bridgehead atoms. The summed E-state index contributed by atoms with van der Waals surface area (Å²) in [6.45, 7) is 5.51. The van der Waals surface area contributed by atoms with Crippen molar-refractivity contribution in [3.63, 3.8) is 0 Å². The van der Waals surface area contributed by atoms with Crippen LogP contribution >= 0.6 is 0 Å². The highest BCUT2D eigenvalue weighted by Crippen LogP contribution is 2.22. The number of hydrogen-bond acceptors (Lipinski definition) is 2. The highest BCUT2D eigenvalue weighted by Gasteiger charge is 2.10. The van der Waals surface area contributed by atoms with Gasteiger partial charge in [0.15, 0.2) is 0 Å². The summed E-state index contributed by atoms with van der Waals surface area (Å²) < 4.78 is 2.23. The SMILES string of the molecule is CCC(CC)Cn1ccnc1-c1cccc(N)c1. The molecule has 2 rings (SSSR count). The molecule has 0 fully saturated rings. The smallest absolute Gasteiger partial charge is 0.139 e. The lowest BCUT2D eigenvalue weighted by Crippen LogP contribution is -2.09. The van der Waals surface area contributed by atoms with Gasteiger partial charge in [0.05, 0.1) is 0 Å². The summed E-state index contributed by atoms with van der Waals surface area (Å²) >= 11 is 0. The van der Waals surface area contributed by atoms with Crippen LogP contribution in [0, 0.1) is 5.92 Å². The largest absolute Gasteiger partial charge is 0.399 e. The van der Waals surface area contributed by atoms with Gasteiger partial charge < -0.3 is 10.3 Å². The molecule has 0 unspecified atom stereocenters. The van der Waals surface area contributed by atoms with Crippen molar-refractivity contribution in [3.05, 3.63) is 36.7 Å². The van der Waals surface area contributed by atoms with Crippen LogP contribution in [-0.4, -0.2) is 9.55 Å². The van der Waals surface area contributed by atoms with Crippen LogP contribution in [0.15, 0.2) is 36.7 Å². The first-order chi connectivity index (χ1) is 8.74. The molecule has 96 valence electrons. The molecular weight excluding hydrogens is 222 g/mol. The Hall–Kier alpha value is -1.77. The molecule has 3 nitrogen and oxygen atoms in total. The van der Waals surface area contributed by atoms with E-state index in [2.05, 4.69) is 35.7 Å². The first-order valence-corrected chi connectivity index (χ1v) is 6.61. The van der Waals surface area contributed by atoms with E-state index in [-0.39, 0.29) is 0 Å². The molecule has 3 heteroatoms. The number of imidazole rings is 1. The van der Waals surface area contributed by atoms with Crippen molar-refractivity contribution >= 4 is 5.69 Å². The van der Waals surface area contributed by atoms with Gasteiger partial charge in [-0.15, -0.1) is 0 Å². The number of benzene rings is 1. The Morgan fingerprint density at radius 3 is 2.72 bits per heavy atom. The third kappa shape index (κ3) is 2.73. The number of aromatic nitrogens is 2. The normalized spacial score (nSPS) is 11.1. The van der Waals surface area contributed by atoms with Crippen LogP contribution in [0.25, 0.3) is 11.4 Å². The fraction of sp³-hybridized carbons (Fsp3) is 0.400. The van der Waals surface area contributed by atoms with Crippen LogP contribution in [0.1, 0.15) is 26.7 Å². The minimum absolute atomic E-state index is 0.707. The molecule has 0 aliphatic heterocycles. The van der Waals surface area contributed by atoms with Crippen LogP contribution in [0.3, 0.4) is 0 Å². The molecule has 0 radical (unpaired) electrons. The van der Waals surface area contributed by atoms with Crippen LogP contribution in [0.4, 0.5) is 5.69 Å². The molecule has 0 spiro atoms. The number of hydrogen-bond donors (Lipinski definition) is 1. The Labute approximate surface area is 109 Å². The quantitative estimate of drug-likeness (QED) is 0.816. The molecule has 18 heavy (non-hydrogen) atoms. The van der Waals surface area contributed by atoms with Crippen LogP contribution < -0.4 is 5.73 Å². The molecule has 0 amide bonds. The Kier molecular flexibility index (Phi) is 4.03. The van der Waals surface area contributed by atoms with E-state index in [9.17, 15) is 0 Å². The molecular formula is C15H21N3. The third-order valence-electron chi connectivity index (χ3n) is 3.47. The monoisotopic (exact) mass is 243 g/mol. The maximum absolute atomic E-state index is 5.83. The zero-order valence-electron chi connectivity index (χ0n) is 11.1. The van der Waals surface area contributed by atoms with Gasteiger partial charge in [0.25, 0.3) is 0 Å². The van der Waals surface area contributed by atoms with E-state index in [1.807, 2.05) is 24.4 Å². The van der Waals surface area contributed by atoms with Crippen molar-refractivity contribution in [1.29, 1.82) is 0 Å². The third-order valence-corrected chi connectivity index (χ3v) is 3.47. The topological polar surface area (TPSA) is 43.8 Å². The Balaban J connectivity index is 2.27. The van der Waals surface area contributed by atoms with Crippen LogP contribution in [-0.2, 0) is 6.54 Å². The number of rotatable bonds is 5. The summed E-state index contributed by atoms with van der Waals surface area (Å²) in [5.41, 5.74) is 7.70. The van der Waals surface area contributed by atoms with Crippen LogP contribution in [0.2, 0.25) is 0 Å². The summed E-state index contributed by atoms with van der Waals surface area (Å²) in [4.78, 5) is 4.46. The number of nitrogen functional groups attached to an aromatic ring is 1. The van der Waals surface area contributed by atoms with Crippen molar-refractivity contribution in [2.75, 3.05) is 5.73 Å². The van der Waals surface area contributed by atoms with Crippen molar-refractivity contribution in [2.24, 2.45) is 5.92 Å². The zero-order valence-corrected chi connectivity index (χ0v) is 11.1. The van der Waals surface area contributed by atoms with Crippen molar-refractivity contribution in [2.45, 2.75) is 33.2 Å². The van der Waals surface area contributed by atoms with Gasteiger partial charge in [0.1, 0.15) is 5.82 Å². The zero-order chi connectivity index (χ0) is 13.0. The summed E-state index contributed by atoms with van der Waals surface area (Å²) in [5, 5.41) is 0. The van der Waals surface area contributed by atoms with E-state index in [0.717, 1.165) is 23.6 Å². The second-order valence-electron chi connectivity index (χ2n) is 4.71. The average molecular weight is 243 g/mol. The minimum atomic E-state index is 0.707. The van der Waals surface area contributed by atoms with Gasteiger partial charge in [-0.3, -0.25) is 0 Å². The van der Waals surface area contributed by atoms with E-state index < -0.39 is 0 Å². The Morgan fingerprint density at radius 2 is 2.06 bits per heavy atom. The maximum Gasteiger partial charge on any atom is 0.139 e. The highest BCUT2D eigenvalue weighted by molar-refractivity contribution is 5.61. The second kappa shape index (κ2) is 5.71.